The number of nitrogens with one attached hydrogen (secondary N) is 2. The molecule has 0 radical (unpaired) electrons. The minimum absolute atomic E-state index is 0.0648. The molecule has 0 aliphatic heterocycles. The summed E-state index contributed by atoms with van der Waals surface area (Å²) in [5.74, 6) is 0. The van der Waals surface area contributed by atoms with Gasteiger partial charge in [0.05, 0.1) is 5.56 Å². The van der Waals surface area contributed by atoms with Gasteiger partial charge < -0.3 is 5.10 Å². The van der Waals surface area contributed by atoms with Crippen LogP contribution >= 0.6 is 0 Å². The number of hydrogen-bond acceptors (Lipinski definition) is 1. The van der Waals surface area contributed by atoms with Gasteiger partial charge in [0.2, 0.25) is 0 Å². The lowest BCUT2D eigenvalue weighted by atomic mass is 9.96. The van der Waals surface area contributed by atoms with E-state index >= 15 is 0 Å². The Kier molecular flexibility index (Phi) is 2.23. The Morgan fingerprint density at radius 2 is 1.67 bits per heavy atom. The van der Waals surface area contributed by atoms with Crippen LogP contribution in [0.2, 0.25) is 0 Å². The summed E-state index contributed by atoms with van der Waals surface area (Å²) in [6.45, 7) is 6.12. The molecule has 0 unspecified atom stereocenters. The number of hydrogen-bond donors (Lipinski definition) is 2. The van der Waals surface area contributed by atoms with Crippen LogP contribution < -0.4 is 5.56 Å². The van der Waals surface area contributed by atoms with Gasteiger partial charge in [0.25, 0.3) is 5.56 Å². The molecule has 1 aromatic heterocycles. The monoisotopic (exact) mass is 202 g/mol. The van der Waals surface area contributed by atoms with E-state index in [9.17, 15) is 4.79 Å². The van der Waals surface area contributed by atoms with Crippen LogP contribution in [0, 0.1) is 20.8 Å². The Hall–Kier alpha value is -1.77. The van der Waals surface area contributed by atoms with Gasteiger partial charge >= 0.3 is 0 Å². The fraction of sp³-hybridized carbons (Fsp3) is 0.250. The van der Waals surface area contributed by atoms with Crippen LogP contribution in [0.1, 0.15) is 16.7 Å². The van der Waals surface area contributed by atoms with E-state index in [0.29, 0.717) is 5.56 Å². The second kappa shape index (κ2) is 3.42. The molecular weight excluding hydrogens is 188 g/mol. The van der Waals surface area contributed by atoms with Crippen molar-refractivity contribution < 1.29 is 0 Å². The van der Waals surface area contributed by atoms with Gasteiger partial charge in [-0.2, -0.15) is 0 Å². The number of aromatic amines is 2. The first-order chi connectivity index (χ1) is 7.09. The Bertz CT molecular complexity index is 526. The van der Waals surface area contributed by atoms with E-state index in [0.717, 1.165) is 16.7 Å². The minimum Gasteiger partial charge on any atom is -0.305 e. The van der Waals surface area contributed by atoms with Crippen LogP contribution in [0.4, 0.5) is 0 Å². The molecule has 0 bridgehead atoms. The molecule has 0 aliphatic rings. The highest BCUT2D eigenvalue weighted by Gasteiger charge is 2.10. The van der Waals surface area contributed by atoms with E-state index in [2.05, 4.69) is 29.3 Å². The smallest absolute Gasteiger partial charge is 0.271 e. The van der Waals surface area contributed by atoms with E-state index < -0.39 is 0 Å². The zero-order valence-electron chi connectivity index (χ0n) is 9.14. The standard InChI is InChI=1S/C12H14N2O/c1-7-4-8(2)11(9(3)5-7)10-6-13-14-12(10)15/h4-6H,1-3H3,(H2,13,14,15). The van der Waals surface area contributed by atoms with E-state index in [1.165, 1.54) is 5.56 Å². The molecule has 2 rings (SSSR count). The second-order valence-electron chi connectivity index (χ2n) is 3.93. The molecule has 1 heterocycles. The number of benzene rings is 1. The lowest BCUT2D eigenvalue weighted by Crippen LogP contribution is -2.03. The van der Waals surface area contributed by atoms with Gasteiger partial charge in [-0.1, -0.05) is 17.7 Å². The SMILES string of the molecule is Cc1cc(C)c(-c2c[nH][nH]c2=O)c(C)c1. The average Bonchev–Trinajstić information content (AvgIpc) is 2.50. The molecule has 0 amide bonds. The van der Waals surface area contributed by atoms with Crippen molar-refractivity contribution in [2.45, 2.75) is 20.8 Å². The summed E-state index contributed by atoms with van der Waals surface area (Å²) < 4.78 is 0. The molecule has 3 heteroatoms. The predicted octanol–water partition coefficient (Wildman–Crippen LogP) is 2.30. The topological polar surface area (TPSA) is 48.6 Å². The number of aryl methyl sites for hydroxylation is 3. The van der Waals surface area contributed by atoms with E-state index in [4.69, 9.17) is 0 Å². The van der Waals surface area contributed by atoms with E-state index in [1.807, 2.05) is 13.8 Å². The first-order valence-electron chi connectivity index (χ1n) is 4.94. The third-order valence-corrected chi connectivity index (χ3v) is 2.59. The molecule has 0 atom stereocenters. The van der Waals surface area contributed by atoms with Crippen LogP contribution in [0.3, 0.4) is 0 Å². The van der Waals surface area contributed by atoms with Crippen LogP contribution in [-0.4, -0.2) is 10.2 Å². The van der Waals surface area contributed by atoms with E-state index in [1.54, 1.807) is 6.20 Å². The molecule has 0 aliphatic carbocycles. The molecule has 3 nitrogen and oxygen atoms in total. The van der Waals surface area contributed by atoms with Crippen molar-refractivity contribution in [1.29, 1.82) is 0 Å². The van der Waals surface area contributed by atoms with Gasteiger partial charge in [0.1, 0.15) is 0 Å². The third-order valence-electron chi connectivity index (χ3n) is 2.59. The maximum absolute atomic E-state index is 11.5. The lowest BCUT2D eigenvalue weighted by Gasteiger charge is -2.08. The van der Waals surface area contributed by atoms with Gasteiger partial charge in [0.15, 0.2) is 0 Å². The quantitative estimate of drug-likeness (QED) is 0.732. The second-order valence-corrected chi connectivity index (χ2v) is 3.93. The summed E-state index contributed by atoms with van der Waals surface area (Å²) in [5.41, 5.74) is 5.18. The molecule has 0 fully saturated rings. The Labute approximate surface area is 88.1 Å². The van der Waals surface area contributed by atoms with Gasteiger partial charge in [-0.25, -0.2) is 0 Å². The first-order valence-corrected chi connectivity index (χ1v) is 4.94. The van der Waals surface area contributed by atoms with Crippen molar-refractivity contribution in [2.24, 2.45) is 0 Å². The van der Waals surface area contributed by atoms with Crippen LogP contribution in [0.15, 0.2) is 23.1 Å². The highest BCUT2D eigenvalue weighted by Crippen LogP contribution is 2.25. The van der Waals surface area contributed by atoms with Crippen molar-refractivity contribution in [3.8, 4) is 11.1 Å². The third kappa shape index (κ3) is 1.61. The maximum Gasteiger partial charge on any atom is 0.271 e. The molecule has 0 saturated carbocycles. The zero-order chi connectivity index (χ0) is 11.0. The highest BCUT2D eigenvalue weighted by molar-refractivity contribution is 5.69. The molecule has 78 valence electrons. The summed E-state index contributed by atoms with van der Waals surface area (Å²) in [6, 6.07) is 4.18. The summed E-state index contributed by atoms with van der Waals surface area (Å²) in [4.78, 5) is 11.5. The number of H-pyrrole nitrogens is 2. The molecule has 0 saturated heterocycles. The minimum atomic E-state index is -0.0648. The van der Waals surface area contributed by atoms with Gasteiger partial charge in [-0.3, -0.25) is 9.89 Å². The summed E-state index contributed by atoms with van der Waals surface area (Å²) in [7, 11) is 0. The largest absolute Gasteiger partial charge is 0.305 e. The summed E-state index contributed by atoms with van der Waals surface area (Å²) in [6.07, 6.45) is 1.72. The first kappa shape index (κ1) is 9.77. The van der Waals surface area contributed by atoms with Crippen molar-refractivity contribution in [3.63, 3.8) is 0 Å². The van der Waals surface area contributed by atoms with Gasteiger partial charge in [-0.15, -0.1) is 0 Å². The summed E-state index contributed by atoms with van der Waals surface area (Å²) >= 11 is 0. The van der Waals surface area contributed by atoms with Crippen molar-refractivity contribution in [1.82, 2.24) is 10.2 Å². The Balaban J connectivity index is 2.74. The van der Waals surface area contributed by atoms with Crippen LogP contribution in [0.25, 0.3) is 11.1 Å². The van der Waals surface area contributed by atoms with Crippen molar-refractivity contribution in [3.05, 3.63) is 45.4 Å². The van der Waals surface area contributed by atoms with E-state index in [-0.39, 0.29) is 5.56 Å². The van der Waals surface area contributed by atoms with Gasteiger partial charge in [-0.05, 0) is 37.5 Å². The molecule has 2 aromatic rings. The van der Waals surface area contributed by atoms with Crippen LogP contribution in [-0.2, 0) is 0 Å². The predicted molar refractivity (Wildman–Crippen MR) is 61.1 cm³/mol. The fourth-order valence-corrected chi connectivity index (χ4v) is 2.10. The fourth-order valence-electron chi connectivity index (χ4n) is 2.10. The van der Waals surface area contributed by atoms with Crippen molar-refractivity contribution >= 4 is 0 Å². The Morgan fingerprint density at radius 1 is 1.07 bits per heavy atom. The zero-order valence-corrected chi connectivity index (χ0v) is 9.14. The average molecular weight is 202 g/mol. The number of rotatable bonds is 1. The molecule has 0 spiro atoms. The summed E-state index contributed by atoms with van der Waals surface area (Å²) in [5, 5.41) is 5.28. The Morgan fingerprint density at radius 3 is 2.13 bits per heavy atom. The normalized spacial score (nSPS) is 10.6. The van der Waals surface area contributed by atoms with Gasteiger partial charge in [0, 0.05) is 6.20 Å². The van der Waals surface area contributed by atoms with Crippen LogP contribution in [0.5, 0.6) is 0 Å². The molecule has 2 N–H and O–H groups in total. The van der Waals surface area contributed by atoms with Crippen molar-refractivity contribution in [2.75, 3.05) is 0 Å². The maximum atomic E-state index is 11.5. The molecule has 1 aromatic carbocycles. The lowest BCUT2D eigenvalue weighted by molar-refractivity contribution is 1.06. The molecule has 15 heavy (non-hydrogen) atoms. The molecular formula is C12H14N2O. The highest BCUT2D eigenvalue weighted by atomic mass is 16.1. The number of aromatic nitrogens is 2.